The smallest absolute Gasteiger partial charge is 0.226 e. The zero-order chi connectivity index (χ0) is 77.3. The van der Waals surface area contributed by atoms with Crippen LogP contribution in [0.15, 0.2) is 22.7 Å². The minimum Gasteiger partial charge on any atom is -0.504 e. The van der Waals surface area contributed by atoms with Gasteiger partial charge >= 0.3 is 0 Å². The summed E-state index contributed by atoms with van der Waals surface area (Å²) in [6.07, 6.45) is 66.8. The van der Waals surface area contributed by atoms with Gasteiger partial charge in [-0.25, -0.2) is 49.8 Å². The van der Waals surface area contributed by atoms with Crippen LogP contribution in [0.5, 0.6) is 5.75 Å². The molecule has 0 bridgehead atoms. The van der Waals surface area contributed by atoms with E-state index in [9.17, 15) is 5.11 Å². The van der Waals surface area contributed by atoms with Crippen LogP contribution in [0, 0.1) is 48.5 Å². The van der Waals surface area contributed by atoms with Crippen molar-refractivity contribution in [3.8, 4) is 5.75 Å². The molecular formula is C89H153Br2ClN14O. The number of nitrogens with zero attached hydrogens (tertiary/aromatic N) is 14. The number of hydrogen-bond acceptors (Lipinski definition) is 15. The average Bonchev–Trinajstić information content (AvgIpc) is 0.821. The maximum Gasteiger partial charge on any atom is 0.226 e. The Labute approximate surface area is 676 Å². The van der Waals surface area contributed by atoms with Crippen molar-refractivity contribution in [3.05, 3.63) is 84.9 Å². The van der Waals surface area contributed by atoms with Crippen molar-refractivity contribution in [1.82, 2.24) is 49.8 Å². The van der Waals surface area contributed by atoms with Crippen molar-refractivity contribution in [2.24, 2.45) is 0 Å². The van der Waals surface area contributed by atoms with Crippen molar-refractivity contribution >= 4 is 67.3 Å². The molecular weight excluding hydrogens is 1480 g/mol. The van der Waals surface area contributed by atoms with Gasteiger partial charge < -0.3 is 24.7 Å². The van der Waals surface area contributed by atoms with E-state index in [2.05, 4.69) is 132 Å². The summed E-state index contributed by atoms with van der Waals surface area (Å²) in [5.41, 5.74) is 10.1. The third-order valence-corrected chi connectivity index (χ3v) is 22.1. The molecule has 4 fully saturated rings. The number of hydrogen-bond donors (Lipinski definition) is 1. The van der Waals surface area contributed by atoms with E-state index in [1.807, 2.05) is 53.7 Å². The first kappa shape index (κ1) is 95.0. The summed E-state index contributed by atoms with van der Waals surface area (Å²) >= 11 is 12.4. The molecule has 0 radical (unpaired) electrons. The van der Waals surface area contributed by atoms with Crippen LogP contribution in [-0.4, -0.2) is 113 Å². The van der Waals surface area contributed by atoms with Crippen molar-refractivity contribution < 1.29 is 5.11 Å². The van der Waals surface area contributed by atoms with E-state index in [1.54, 1.807) is 0 Å². The van der Waals surface area contributed by atoms with Crippen molar-refractivity contribution in [3.63, 3.8) is 0 Å². The van der Waals surface area contributed by atoms with Gasteiger partial charge in [0, 0.05) is 91.9 Å². The summed E-state index contributed by atoms with van der Waals surface area (Å²) in [6.45, 7) is 31.6. The fourth-order valence-electron chi connectivity index (χ4n) is 13.8. The van der Waals surface area contributed by atoms with Crippen LogP contribution in [0.4, 0.5) is 23.8 Å². The van der Waals surface area contributed by atoms with E-state index in [0.29, 0.717) is 11.0 Å². The van der Waals surface area contributed by atoms with Crippen molar-refractivity contribution in [2.75, 3.05) is 77.3 Å². The van der Waals surface area contributed by atoms with Gasteiger partial charge in [-0.1, -0.05) is 294 Å². The third-order valence-electron chi connectivity index (χ3n) is 20.9. The predicted molar refractivity (Wildman–Crippen MR) is 467 cm³/mol. The third kappa shape index (κ3) is 43.9. The number of aromatic hydroxyl groups is 1. The zero-order valence-corrected chi connectivity index (χ0v) is 74.0. The first-order chi connectivity index (χ1) is 52.1. The number of rotatable bonds is 49. The highest BCUT2D eigenvalue weighted by atomic mass is 79.9. The Hall–Kier alpha value is -4.35. The lowest BCUT2D eigenvalue weighted by Crippen LogP contribution is -2.38. The normalized spacial score (nSPS) is 13.4. The first-order valence-electron chi connectivity index (χ1n) is 43.9. The van der Waals surface area contributed by atoms with Gasteiger partial charge in [0.25, 0.3) is 0 Å². The highest BCUT2D eigenvalue weighted by molar-refractivity contribution is 9.10. The molecule has 0 spiro atoms. The number of unbranched alkanes of at least 4 members (excludes halogenated alkanes) is 39. The highest BCUT2D eigenvalue weighted by Gasteiger charge is 2.23. The summed E-state index contributed by atoms with van der Waals surface area (Å²) in [5.74, 6) is 3.91. The topological polar surface area (TPSA) is 162 Å². The molecule has 0 saturated carbocycles. The Morgan fingerprint density at radius 1 is 0.308 bits per heavy atom. The minimum absolute atomic E-state index is 0.305. The second-order valence-corrected chi connectivity index (χ2v) is 33.4. The quantitative estimate of drug-likeness (QED) is 0.0222. The fourth-order valence-corrected chi connectivity index (χ4v) is 14.4. The zero-order valence-electron chi connectivity index (χ0n) is 70.1. The molecule has 15 nitrogen and oxygen atoms in total. The lowest BCUT2D eigenvalue weighted by molar-refractivity contribution is 0.451. The largest absolute Gasteiger partial charge is 0.504 e. The molecule has 0 aromatic carbocycles. The number of alkyl halides is 1. The van der Waals surface area contributed by atoms with E-state index in [0.717, 1.165) is 157 Å². The standard InChI is InChI=1S/C24H42BrN3.C24H43N3O.C24H43N3.C9H13N3.C6H7ClN2.C2H5Br/c1-3-4-5-6-7-8-9-10-11-12-13-14-15-16-18-22-23(25)21(2)26-24(27-22)28-19-17-20-28;1-3-4-5-6-7-8-9-10-11-12-13-14-15-16-18-22-23(28)21(2)25-24(26-22)27-19-17-20-27;1-3-4-5-6-7-8-9-10-11-12-13-14-15-16-18-23-21-22(2)25-24(26-23)27-19-17-20-27;1-7-6-8(2)11-9(10-7)12-4-3-5-12;1-4-3-5(2)9-6(7)8-4;1-2-3/h3-20H2,1-2H3;28H,3-20H2,1-2H3;21H,3-20H2,1-2H3;6H,3-5H2,1-2H3;3H,1-2H3;2H2,1H3. The maximum atomic E-state index is 10.3. The number of anilines is 4. The molecule has 4 saturated heterocycles. The van der Waals surface area contributed by atoms with Gasteiger partial charge in [-0.05, 0) is 158 Å². The predicted octanol–water partition coefficient (Wildman–Crippen LogP) is 26.0. The molecule has 18 heteroatoms. The molecule has 0 aliphatic carbocycles. The Morgan fingerprint density at radius 3 is 0.850 bits per heavy atom. The van der Waals surface area contributed by atoms with E-state index in [4.69, 9.17) is 21.6 Å². The molecule has 5 aromatic rings. The van der Waals surface area contributed by atoms with Crippen LogP contribution >= 0.6 is 43.5 Å². The molecule has 4 aliphatic heterocycles. The maximum absolute atomic E-state index is 10.3. The summed E-state index contributed by atoms with van der Waals surface area (Å²) in [6, 6.07) is 6.06. The molecule has 1 N–H and O–H groups in total. The van der Waals surface area contributed by atoms with Gasteiger partial charge in [0.05, 0.1) is 27.2 Å². The minimum atomic E-state index is 0.305. The molecule has 606 valence electrons. The molecule has 0 unspecified atom stereocenters. The molecule has 9 rings (SSSR count). The first-order valence-corrected chi connectivity index (χ1v) is 46.2. The van der Waals surface area contributed by atoms with E-state index >= 15 is 0 Å². The van der Waals surface area contributed by atoms with Crippen LogP contribution in [0.2, 0.25) is 5.28 Å². The van der Waals surface area contributed by atoms with Crippen LogP contribution < -0.4 is 19.6 Å². The number of halogens is 3. The Kier molecular flexibility index (Phi) is 54.4. The van der Waals surface area contributed by atoms with Gasteiger partial charge in [0.1, 0.15) is 0 Å². The fraction of sp³-hybridized carbons (Fsp3) is 0.775. The number of aryl methyl sites for hydroxylation is 10. The Bertz CT molecular complexity index is 2870. The summed E-state index contributed by atoms with van der Waals surface area (Å²) < 4.78 is 1.12. The highest BCUT2D eigenvalue weighted by Crippen LogP contribution is 2.29. The second kappa shape index (κ2) is 61.3. The Balaban J connectivity index is 0.000000293. The second-order valence-electron chi connectivity index (χ2n) is 31.1. The van der Waals surface area contributed by atoms with Gasteiger partial charge in [-0.3, -0.25) is 0 Å². The molecule has 5 aromatic heterocycles. The van der Waals surface area contributed by atoms with E-state index in [-0.39, 0.29) is 0 Å². The lowest BCUT2D eigenvalue weighted by atomic mass is 10.0. The van der Waals surface area contributed by atoms with Gasteiger partial charge in [0.2, 0.25) is 29.1 Å². The summed E-state index contributed by atoms with van der Waals surface area (Å²) in [4.78, 5) is 53.4. The van der Waals surface area contributed by atoms with Gasteiger partial charge in [0.15, 0.2) is 5.75 Å². The van der Waals surface area contributed by atoms with E-state index < -0.39 is 0 Å². The van der Waals surface area contributed by atoms with Crippen molar-refractivity contribution in [2.45, 2.75) is 391 Å². The molecule has 107 heavy (non-hydrogen) atoms. The van der Waals surface area contributed by atoms with Crippen LogP contribution in [0.3, 0.4) is 0 Å². The lowest BCUT2D eigenvalue weighted by Gasteiger charge is -2.31. The number of aromatic nitrogens is 10. The molecule has 0 atom stereocenters. The molecule has 4 aliphatic rings. The van der Waals surface area contributed by atoms with Crippen LogP contribution in [0.1, 0.15) is 380 Å². The van der Waals surface area contributed by atoms with Crippen molar-refractivity contribution in [1.29, 1.82) is 0 Å². The summed E-state index contributed by atoms with van der Waals surface area (Å²) in [7, 11) is 0. The molecule has 9 heterocycles. The average molecular weight is 1630 g/mol. The SMILES string of the molecule is CCBr.CCCCCCCCCCCCCCCCc1cc(C)nc(N2CCC2)n1.CCCCCCCCCCCCCCCCc1nc(N2CCC2)nc(C)c1Br.CCCCCCCCCCCCCCCCc1nc(N2CCC2)nc(C)c1O.Cc1cc(C)nc(Cl)n1.Cc1cc(C)nc(N2CCC2)n1. The van der Waals surface area contributed by atoms with Gasteiger partial charge in [-0.2, -0.15) is 0 Å². The molecule has 0 amide bonds. The monoisotopic (exact) mass is 1630 g/mol. The summed E-state index contributed by atoms with van der Waals surface area (Å²) in [5, 5.41) is 11.6. The van der Waals surface area contributed by atoms with Gasteiger partial charge in [-0.15, -0.1) is 0 Å². The van der Waals surface area contributed by atoms with Crippen LogP contribution in [-0.2, 0) is 19.3 Å². The van der Waals surface area contributed by atoms with Crippen LogP contribution in [0.25, 0.3) is 0 Å². The Morgan fingerprint density at radius 2 is 0.551 bits per heavy atom. The van der Waals surface area contributed by atoms with E-state index in [1.165, 1.54) is 300 Å².